The average molecular weight is 220 g/mol. The number of rotatable bonds is 2. The van der Waals surface area contributed by atoms with Crippen LogP contribution in [-0.2, 0) is 20.7 Å². The number of allylic oxidation sites excluding steroid dienone is 1. The van der Waals surface area contributed by atoms with Gasteiger partial charge < -0.3 is 9.15 Å². The Morgan fingerprint density at radius 1 is 1.38 bits per heavy atom. The number of ether oxygens (including phenoxy) is 1. The van der Waals surface area contributed by atoms with Gasteiger partial charge in [0.1, 0.15) is 11.5 Å². The second-order valence-corrected chi connectivity index (χ2v) is 3.81. The number of carbonyl (C=O) groups excluding carboxylic acids is 2. The summed E-state index contributed by atoms with van der Waals surface area (Å²) < 4.78 is 9.79. The normalized spacial score (nSPS) is 18.2. The predicted octanol–water partition coefficient (Wildman–Crippen LogP) is 1.84. The molecule has 0 bridgehead atoms. The zero-order valence-electron chi connectivity index (χ0n) is 9.20. The van der Waals surface area contributed by atoms with Gasteiger partial charge in [-0.3, -0.25) is 4.79 Å². The Morgan fingerprint density at radius 2 is 2.12 bits per heavy atom. The van der Waals surface area contributed by atoms with Crippen LogP contribution < -0.4 is 0 Å². The molecule has 1 aromatic heterocycles. The molecule has 2 rings (SSSR count). The summed E-state index contributed by atoms with van der Waals surface area (Å²) in [7, 11) is 0. The topological polar surface area (TPSA) is 56.5 Å². The lowest BCUT2D eigenvalue weighted by Crippen LogP contribution is -1.97. The number of carbonyl (C=O) groups is 2. The van der Waals surface area contributed by atoms with Gasteiger partial charge >= 0.3 is 11.9 Å². The summed E-state index contributed by atoms with van der Waals surface area (Å²) in [5, 5.41) is 0. The molecule has 0 aliphatic carbocycles. The third kappa shape index (κ3) is 2.05. The van der Waals surface area contributed by atoms with Crippen molar-refractivity contribution in [3.05, 3.63) is 34.8 Å². The smallest absolute Gasteiger partial charge is 0.341 e. The molecule has 1 aliphatic rings. The quantitative estimate of drug-likeness (QED) is 0.433. The Bertz CT molecular complexity index is 479. The summed E-state index contributed by atoms with van der Waals surface area (Å²) in [4.78, 5) is 22.0. The van der Waals surface area contributed by atoms with Crippen molar-refractivity contribution in [1.82, 2.24) is 0 Å². The first kappa shape index (κ1) is 10.7. The molecule has 16 heavy (non-hydrogen) atoms. The maximum atomic E-state index is 11.2. The molecule has 0 spiro atoms. The summed E-state index contributed by atoms with van der Waals surface area (Å²) in [6.45, 7) is 3.75. The molecule has 1 fully saturated rings. The van der Waals surface area contributed by atoms with Crippen molar-refractivity contribution in [2.24, 2.45) is 0 Å². The highest BCUT2D eigenvalue weighted by Gasteiger charge is 2.26. The van der Waals surface area contributed by atoms with Crippen LogP contribution in [0.4, 0.5) is 0 Å². The Balaban J connectivity index is 2.12. The molecule has 0 saturated carbocycles. The lowest BCUT2D eigenvalue weighted by Gasteiger charge is -1.93. The maximum Gasteiger partial charge on any atom is 0.341 e. The fraction of sp³-hybridized carbons (Fsp3) is 0.333. The zero-order valence-corrected chi connectivity index (χ0v) is 9.20. The van der Waals surface area contributed by atoms with Gasteiger partial charge in [-0.25, -0.2) is 4.79 Å². The molecule has 0 N–H and O–H groups in total. The van der Waals surface area contributed by atoms with Crippen LogP contribution in [0.5, 0.6) is 0 Å². The molecule has 4 heteroatoms. The lowest BCUT2D eigenvalue weighted by atomic mass is 10.1. The van der Waals surface area contributed by atoms with Crippen LogP contribution in [0.1, 0.15) is 23.5 Å². The van der Waals surface area contributed by atoms with Crippen molar-refractivity contribution in [3.63, 3.8) is 0 Å². The Labute approximate surface area is 92.9 Å². The summed E-state index contributed by atoms with van der Waals surface area (Å²) in [5.74, 6) is 0.683. The van der Waals surface area contributed by atoms with Crippen LogP contribution in [0, 0.1) is 13.8 Å². The number of furan rings is 1. The SMILES string of the molecule is Cc1cc(CC=C2CC(=O)OC2=O)c(C)o1. The van der Waals surface area contributed by atoms with Gasteiger partial charge in [0, 0.05) is 5.57 Å². The zero-order chi connectivity index (χ0) is 11.7. The van der Waals surface area contributed by atoms with Crippen LogP contribution in [0.25, 0.3) is 0 Å². The Morgan fingerprint density at radius 3 is 2.62 bits per heavy atom. The molecule has 4 nitrogen and oxygen atoms in total. The van der Waals surface area contributed by atoms with Gasteiger partial charge in [-0.2, -0.15) is 0 Å². The molecule has 1 aliphatic heterocycles. The average Bonchev–Trinajstić information content (AvgIpc) is 2.66. The van der Waals surface area contributed by atoms with Crippen molar-refractivity contribution >= 4 is 11.9 Å². The van der Waals surface area contributed by atoms with Crippen molar-refractivity contribution < 1.29 is 18.7 Å². The Kier molecular flexibility index (Phi) is 2.64. The van der Waals surface area contributed by atoms with E-state index in [4.69, 9.17) is 4.42 Å². The Hall–Kier alpha value is -1.84. The standard InChI is InChI=1S/C12H12O4/c1-7-5-9(8(2)15-7)3-4-10-6-11(13)16-12(10)14/h4-5H,3,6H2,1-2H3. The highest BCUT2D eigenvalue weighted by Crippen LogP contribution is 2.19. The van der Waals surface area contributed by atoms with E-state index in [1.54, 1.807) is 6.08 Å². The molecule has 0 unspecified atom stereocenters. The fourth-order valence-corrected chi connectivity index (χ4v) is 1.71. The number of esters is 2. The first-order chi connectivity index (χ1) is 7.56. The van der Waals surface area contributed by atoms with Gasteiger partial charge in [0.15, 0.2) is 0 Å². The summed E-state index contributed by atoms with van der Waals surface area (Å²) in [6, 6.07) is 1.93. The number of cyclic esters (lactones) is 2. The highest BCUT2D eigenvalue weighted by atomic mass is 16.6. The van der Waals surface area contributed by atoms with Gasteiger partial charge in [0.05, 0.1) is 6.42 Å². The molecule has 0 atom stereocenters. The van der Waals surface area contributed by atoms with E-state index in [-0.39, 0.29) is 6.42 Å². The molecule has 0 aromatic carbocycles. The predicted molar refractivity (Wildman–Crippen MR) is 55.7 cm³/mol. The second kappa shape index (κ2) is 3.96. The van der Waals surface area contributed by atoms with Gasteiger partial charge in [-0.05, 0) is 31.9 Å². The van der Waals surface area contributed by atoms with Gasteiger partial charge in [-0.1, -0.05) is 6.08 Å². The summed E-state index contributed by atoms with van der Waals surface area (Å²) >= 11 is 0. The van der Waals surface area contributed by atoms with Crippen LogP contribution in [0.3, 0.4) is 0 Å². The molecule has 1 saturated heterocycles. The number of aryl methyl sites for hydroxylation is 2. The largest absolute Gasteiger partial charge is 0.466 e. The minimum Gasteiger partial charge on any atom is -0.466 e. The minimum atomic E-state index is -0.525. The van der Waals surface area contributed by atoms with Gasteiger partial charge in [-0.15, -0.1) is 0 Å². The monoisotopic (exact) mass is 220 g/mol. The molecule has 1 aromatic rings. The number of hydrogen-bond acceptors (Lipinski definition) is 4. The van der Waals surface area contributed by atoms with E-state index < -0.39 is 11.9 Å². The minimum absolute atomic E-state index is 0.0781. The molecule has 0 radical (unpaired) electrons. The molecular formula is C12H12O4. The number of hydrogen-bond donors (Lipinski definition) is 0. The van der Waals surface area contributed by atoms with E-state index in [0.29, 0.717) is 12.0 Å². The first-order valence-electron chi connectivity index (χ1n) is 5.06. The molecule has 2 heterocycles. The molecule has 0 amide bonds. The van der Waals surface area contributed by atoms with Crippen LogP contribution in [-0.4, -0.2) is 11.9 Å². The van der Waals surface area contributed by atoms with Crippen molar-refractivity contribution in [2.75, 3.05) is 0 Å². The second-order valence-electron chi connectivity index (χ2n) is 3.81. The van der Waals surface area contributed by atoms with Crippen molar-refractivity contribution in [3.8, 4) is 0 Å². The highest BCUT2D eigenvalue weighted by molar-refractivity contribution is 6.05. The summed E-state index contributed by atoms with van der Waals surface area (Å²) in [6.07, 6.45) is 2.39. The molecular weight excluding hydrogens is 208 g/mol. The van der Waals surface area contributed by atoms with Gasteiger partial charge in [0.25, 0.3) is 0 Å². The van der Waals surface area contributed by atoms with E-state index in [1.807, 2.05) is 19.9 Å². The van der Waals surface area contributed by atoms with Gasteiger partial charge in [0.2, 0.25) is 0 Å². The third-order valence-electron chi connectivity index (χ3n) is 2.52. The van der Waals surface area contributed by atoms with Crippen molar-refractivity contribution in [1.29, 1.82) is 0 Å². The van der Waals surface area contributed by atoms with E-state index in [9.17, 15) is 9.59 Å². The molecule has 84 valence electrons. The van der Waals surface area contributed by atoms with E-state index in [0.717, 1.165) is 17.1 Å². The van der Waals surface area contributed by atoms with E-state index in [1.165, 1.54) is 0 Å². The van der Waals surface area contributed by atoms with Crippen molar-refractivity contribution in [2.45, 2.75) is 26.7 Å². The van der Waals surface area contributed by atoms with Crippen LogP contribution >= 0.6 is 0 Å². The lowest BCUT2D eigenvalue weighted by molar-refractivity contribution is -0.151. The maximum absolute atomic E-state index is 11.2. The van der Waals surface area contributed by atoms with E-state index in [2.05, 4.69) is 4.74 Å². The first-order valence-corrected chi connectivity index (χ1v) is 5.06. The summed E-state index contributed by atoms with van der Waals surface area (Å²) in [5.41, 5.74) is 1.46. The third-order valence-corrected chi connectivity index (χ3v) is 2.52. The van der Waals surface area contributed by atoms with E-state index >= 15 is 0 Å². The fourth-order valence-electron chi connectivity index (χ4n) is 1.71. The van der Waals surface area contributed by atoms with Crippen LogP contribution in [0.2, 0.25) is 0 Å². The van der Waals surface area contributed by atoms with Crippen LogP contribution in [0.15, 0.2) is 22.1 Å².